The average molecular weight is 435 g/mol. The highest BCUT2D eigenvalue weighted by Crippen LogP contribution is 2.33. The summed E-state index contributed by atoms with van der Waals surface area (Å²) in [6, 6.07) is 7.05. The number of sulfonamides is 1. The number of benzene rings is 1. The van der Waals surface area contributed by atoms with E-state index in [-0.39, 0.29) is 10.8 Å². The largest absolute Gasteiger partial charge is 0.379 e. The molecule has 1 fully saturated rings. The van der Waals surface area contributed by atoms with Crippen molar-refractivity contribution in [3.63, 3.8) is 0 Å². The molecular formula is C21H26N2O4S2. The second kappa shape index (κ2) is 8.18. The van der Waals surface area contributed by atoms with Crippen LogP contribution in [0.5, 0.6) is 0 Å². The van der Waals surface area contributed by atoms with Crippen molar-refractivity contribution in [1.29, 1.82) is 0 Å². The predicted octanol–water partition coefficient (Wildman–Crippen LogP) is 3.45. The number of hydrogen-bond acceptors (Lipinski definition) is 5. The molecule has 1 N–H and O–H groups in total. The van der Waals surface area contributed by atoms with Gasteiger partial charge in [0.15, 0.2) is 0 Å². The maximum atomic E-state index is 13.0. The van der Waals surface area contributed by atoms with Gasteiger partial charge in [0.25, 0.3) is 5.91 Å². The highest BCUT2D eigenvalue weighted by Gasteiger charge is 2.28. The van der Waals surface area contributed by atoms with E-state index in [9.17, 15) is 13.2 Å². The molecule has 1 unspecified atom stereocenters. The molecule has 4 rings (SSSR count). The SMILES string of the molecule is Cc1ccc(NC(=O)c2cc3c(s2)CCC(C)C3)cc1S(=O)(=O)N1CCOCC1. The number of carbonyl (C=O) groups is 1. The lowest BCUT2D eigenvalue weighted by molar-refractivity contribution is 0.0730. The fourth-order valence-corrected chi connectivity index (χ4v) is 6.65. The van der Waals surface area contributed by atoms with Crippen LogP contribution < -0.4 is 5.32 Å². The van der Waals surface area contributed by atoms with Gasteiger partial charge in [-0.3, -0.25) is 4.79 Å². The number of hydrogen-bond donors (Lipinski definition) is 1. The standard InChI is InChI=1S/C21H26N2O4S2/c1-14-3-6-18-16(11-14)12-19(28-18)21(24)22-17-5-4-15(2)20(13-17)29(25,26)23-7-9-27-10-8-23/h4-5,12-14H,3,6-11H2,1-2H3,(H,22,24). The molecule has 1 amide bonds. The van der Waals surface area contributed by atoms with Crippen LogP contribution in [0.25, 0.3) is 0 Å². The van der Waals surface area contributed by atoms with Gasteiger partial charge in [-0.2, -0.15) is 4.31 Å². The first kappa shape index (κ1) is 20.5. The van der Waals surface area contributed by atoms with E-state index in [1.54, 1.807) is 36.5 Å². The average Bonchev–Trinajstić information content (AvgIpc) is 3.13. The van der Waals surface area contributed by atoms with Crippen molar-refractivity contribution in [3.05, 3.63) is 45.1 Å². The summed E-state index contributed by atoms with van der Waals surface area (Å²) >= 11 is 1.55. The first-order valence-corrected chi connectivity index (χ1v) is 12.2. The van der Waals surface area contributed by atoms with Gasteiger partial charge >= 0.3 is 0 Å². The summed E-state index contributed by atoms with van der Waals surface area (Å²) in [5.74, 6) is 0.466. The summed E-state index contributed by atoms with van der Waals surface area (Å²) in [6.07, 6.45) is 3.21. The molecule has 1 aromatic heterocycles. The van der Waals surface area contributed by atoms with Gasteiger partial charge in [-0.1, -0.05) is 13.0 Å². The van der Waals surface area contributed by atoms with Crippen LogP contribution in [0.2, 0.25) is 0 Å². The Balaban J connectivity index is 1.55. The Bertz CT molecular complexity index is 1020. The number of amides is 1. The third kappa shape index (κ3) is 4.26. The summed E-state index contributed by atoms with van der Waals surface area (Å²) in [5, 5.41) is 2.89. The number of nitrogens with one attached hydrogen (secondary N) is 1. The van der Waals surface area contributed by atoms with Crippen molar-refractivity contribution >= 4 is 33.0 Å². The molecule has 0 spiro atoms. The fourth-order valence-electron chi connectivity index (χ4n) is 3.89. The van der Waals surface area contributed by atoms with Gasteiger partial charge in [0.2, 0.25) is 10.0 Å². The second-order valence-electron chi connectivity index (χ2n) is 7.86. The van der Waals surface area contributed by atoms with Crippen LogP contribution in [-0.4, -0.2) is 44.9 Å². The normalized spacial score (nSPS) is 20.3. The summed E-state index contributed by atoms with van der Waals surface area (Å²) in [6.45, 7) is 5.50. The third-order valence-corrected chi connectivity index (χ3v) is 8.86. The number of ether oxygens (including phenoxy) is 1. The van der Waals surface area contributed by atoms with Gasteiger partial charge in [-0.15, -0.1) is 11.3 Å². The third-order valence-electron chi connectivity index (χ3n) is 5.59. The number of rotatable bonds is 4. The molecule has 6 nitrogen and oxygen atoms in total. The lowest BCUT2D eigenvalue weighted by Gasteiger charge is -2.26. The van der Waals surface area contributed by atoms with E-state index in [4.69, 9.17) is 4.74 Å². The molecule has 0 saturated carbocycles. The van der Waals surface area contributed by atoms with E-state index < -0.39 is 10.0 Å². The molecule has 2 heterocycles. The van der Waals surface area contributed by atoms with E-state index in [1.165, 1.54) is 14.7 Å². The van der Waals surface area contributed by atoms with E-state index in [2.05, 4.69) is 12.2 Å². The minimum Gasteiger partial charge on any atom is -0.379 e. The summed E-state index contributed by atoms with van der Waals surface area (Å²) < 4.78 is 32.8. The quantitative estimate of drug-likeness (QED) is 0.800. The van der Waals surface area contributed by atoms with Gasteiger partial charge in [0, 0.05) is 23.7 Å². The van der Waals surface area contributed by atoms with E-state index in [0.29, 0.717) is 48.3 Å². The summed E-state index contributed by atoms with van der Waals surface area (Å²) in [4.78, 5) is 15.0. The molecule has 29 heavy (non-hydrogen) atoms. The summed E-state index contributed by atoms with van der Waals surface area (Å²) in [5.41, 5.74) is 2.43. The van der Waals surface area contributed by atoms with Gasteiger partial charge in [0.1, 0.15) is 0 Å². The van der Waals surface area contributed by atoms with Crippen molar-refractivity contribution < 1.29 is 17.9 Å². The molecule has 8 heteroatoms. The Kier molecular flexibility index (Phi) is 5.79. The van der Waals surface area contributed by atoms with E-state index in [1.807, 2.05) is 6.07 Å². The van der Waals surface area contributed by atoms with Crippen molar-refractivity contribution in [3.8, 4) is 0 Å². The zero-order chi connectivity index (χ0) is 20.6. The molecule has 1 aliphatic carbocycles. The Morgan fingerprint density at radius 1 is 1.24 bits per heavy atom. The van der Waals surface area contributed by atoms with Crippen molar-refractivity contribution in [1.82, 2.24) is 4.31 Å². The molecule has 2 aromatic rings. The minimum absolute atomic E-state index is 0.185. The second-order valence-corrected chi connectivity index (χ2v) is 10.9. The van der Waals surface area contributed by atoms with Crippen molar-refractivity contribution in [2.75, 3.05) is 31.6 Å². The Labute approximate surface area is 175 Å². The number of aryl methyl sites for hydroxylation is 2. The topological polar surface area (TPSA) is 75.7 Å². The number of anilines is 1. The van der Waals surface area contributed by atoms with Gasteiger partial charge in [-0.05, 0) is 61.4 Å². The van der Waals surface area contributed by atoms with Crippen LogP contribution in [0.3, 0.4) is 0 Å². The number of nitrogens with zero attached hydrogens (tertiary/aromatic N) is 1. The monoisotopic (exact) mass is 434 g/mol. The van der Waals surface area contributed by atoms with Gasteiger partial charge in [-0.25, -0.2) is 8.42 Å². The van der Waals surface area contributed by atoms with Gasteiger partial charge in [0.05, 0.1) is 23.0 Å². The Hall–Kier alpha value is -1.74. The van der Waals surface area contributed by atoms with Crippen LogP contribution in [0.4, 0.5) is 5.69 Å². The maximum Gasteiger partial charge on any atom is 0.265 e. The zero-order valence-corrected chi connectivity index (χ0v) is 18.4. The maximum absolute atomic E-state index is 13.0. The zero-order valence-electron chi connectivity index (χ0n) is 16.7. The molecule has 0 radical (unpaired) electrons. The minimum atomic E-state index is -3.62. The molecule has 156 valence electrons. The highest BCUT2D eigenvalue weighted by atomic mass is 32.2. The molecule has 1 aromatic carbocycles. The number of fused-ring (bicyclic) bond motifs is 1. The van der Waals surface area contributed by atoms with E-state index in [0.717, 1.165) is 19.3 Å². The molecule has 2 aliphatic rings. The van der Waals surface area contributed by atoms with Crippen LogP contribution >= 0.6 is 11.3 Å². The Morgan fingerprint density at radius 2 is 2.00 bits per heavy atom. The fraction of sp³-hybridized carbons (Fsp3) is 0.476. The number of carbonyl (C=O) groups excluding carboxylic acids is 1. The predicted molar refractivity (Wildman–Crippen MR) is 114 cm³/mol. The summed E-state index contributed by atoms with van der Waals surface area (Å²) in [7, 11) is -3.62. The van der Waals surface area contributed by atoms with Crippen LogP contribution in [0.15, 0.2) is 29.2 Å². The molecule has 1 aliphatic heterocycles. The van der Waals surface area contributed by atoms with Crippen LogP contribution in [-0.2, 0) is 27.6 Å². The van der Waals surface area contributed by atoms with Crippen LogP contribution in [0.1, 0.15) is 39.0 Å². The molecule has 0 bridgehead atoms. The van der Waals surface area contributed by atoms with Crippen molar-refractivity contribution in [2.45, 2.75) is 38.0 Å². The molecule has 1 saturated heterocycles. The number of morpholine rings is 1. The number of thiophene rings is 1. The molecule has 1 atom stereocenters. The van der Waals surface area contributed by atoms with Crippen LogP contribution in [0, 0.1) is 12.8 Å². The lowest BCUT2D eigenvalue weighted by atomic mass is 9.90. The smallest absolute Gasteiger partial charge is 0.265 e. The highest BCUT2D eigenvalue weighted by molar-refractivity contribution is 7.89. The lowest BCUT2D eigenvalue weighted by Crippen LogP contribution is -2.40. The Morgan fingerprint density at radius 3 is 2.76 bits per heavy atom. The first-order chi connectivity index (χ1) is 13.8. The molecular weight excluding hydrogens is 408 g/mol. The van der Waals surface area contributed by atoms with Gasteiger partial charge < -0.3 is 10.1 Å². The van der Waals surface area contributed by atoms with E-state index >= 15 is 0 Å². The van der Waals surface area contributed by atoms with Crippen molar-refractivity contribution in [2.24, 2.45) is 5.92 Å². The first-order valence-electron chi connectivity index (χ1n) is 9.96.